The van der Waals surface area contributed by atoms with Crippen LogP contribution in [0.2, 0.25) is 0 Å². The van der Waals surface area contributed by atoms with E-state index < -0.39 is 41.8 Å². The maximum atomic E-state index is 14.0. The fourth-order valence-electron chi connectivity index (χ4n) is 5.44. The van der Waals surface area contributed by atoms with Gasteiger partial charge in [-0.25, -0.2) is 4.79 Å². The molecule has 0 spiro atoms. The lowest BCUT2D eigenvalue weighted by molar-refractivity contribution is -0.143. The second kappa shape index (κ2) is 14.6. The monoisotopic (exact) mass is 553 g/mol. The van der Waals surface area contributed by atoms with Gasteiger partial charge in [-0.05, 0) is 62.5 Å². The summed E-state index contributed by atoms with van der Waals surface area (Å²) in [4.78, 5) is 66.8. The summed E-state index contributed by atoms with van der Waals surface area (Å²) in [6.45, 7) is 9.76. The Hall–Kier alpha value is -3.69. The van der Waals surface area contributed by atoms with Gasteiger partial charge in [-0.15, -0.1) is 6.58 Å². The Morgan fingerprint density at radius 1 is 1.05 bits per heavy atom. The Labute approximate surface area is 236 Å². The van der Waals surface area contributed by atoms with Crippen LogP contribution in [0.3, 0.4) is 0 Å². The van der Waals surface area contributed by atoms with Gasteiger partial charge in [0, 0.05) is 19.1 Å². The molecule has 4 N–H and O–H groups in total. The van der Waals surface area contributed by atoms with Crippen molar-refractivity contribution in [3.8, 4) is 0 Å². The molecule has 1 saturated heterocycles. The summed E-state index contributed by atoms with van der Waals surface area (Å²) in [5, 5.41) is 11.0. The average molecular weight is 554 g/mol. The minimum atomic E-state index is -0.987. The van der Waals surface area contributed by atoms with Crippen LogP contribution in [-0.4, -0.2) is 71.7 Å². The third kappa shape index (κ3) is 7.70. The quantitative estimate of drug-likeness (QED) is 0.219. The molecule has 0 saturated carbocycles. The maximum absolute atomic E-state index is 14.0. The molecule has 40 heavy (non-hydrogen) atoms. The molecule has 0 bridgehead atoms. The Morgan fingerprint density at radius 3 is 2.33 bits per heavy atom. The lowest BCUT2D eigenvalue weighted by Gasteiger charge is -2.32. The van der Waals surface area contributed by atoms with Crippen LogP contribution in [0.1, 0.15) is 64.0 Å². The van der Waals surface area contributed by atoms with Gasteiger partial charge in [0.2, 0.25) is 17.6 Å². The van der Waals surface area contributed by atoms with E-state index in [4.69, 9.17) is 0 Å². The van der Waals surface area contributed by atoms with Crippen LogP contribution in [0.25, 0.3) is 0 Å². The number of hydrogen-bond acceptors (Lipinski definition) is 5. The number of rotatable bonds is 13. The molecule has 10 nitrogen and oxygen atoms in total. The summed E-state index contributed by atoms with van der Waals surface area (Å²) in [6, 6.07) is 4.95. The number of nitrogens with one attached hydrogen (secondary N) is 4. The first-order chi connectivity index (χ1) is 19.2. The summed E-state index contributed by atoms with van der Waals surface area (Å²) >= 11 is 0. The van der Waals surface area contributed by atoms with Crippen molar-refractivity contribution in [2.45, 2.75) is 89.9 Å². The zero-order chi connectivity index (χ0) is 29.2. The van der Waals surface area contributed by atoms with Gasteiger partial charge in [-0.3, -0.25) is 19.2 Å². The highest BCUT2D eigenvalue weighted by atomic mass is 16.2. The van der Waals surface area contributed by atoms with Gasteiger partial charge in [0.15, 0.2) is 0 Å². The van der Waals surface area contributed by atoms with E-state index in [0.717, 1.165) is 17.5 Å². The molecule has 5 amide bonds. The predicted molar refractivity (Wildman–Crippen MR) is 152 cm³/mol. The van der Waals surface area contributed by atoms with E-state index in [1.165, 1.54) is 11.0 Å². The molecule has 1 aromatic rings. The molecule has 0 radical (unpaired) electrons. The van der Waals surface area contributed by atoms with Crippen molar-refractivity contribution in [1.82, 2.24) is 26.2 Å². The van der Waals surface area contributed by atoms with Crippen molar-refractivity contribution >= 4 is 29.5 Å². The number of likely N-dealkylation sites (tertiary alicyclic amines) is 1. The van der Waals surface area contributed by atoms with E-state index >= 15 is 0 Å². The Balaban J connectivity index is 1.77. The summed E-state index contributed by atoms with van der Waals surface area (Å²) in [7, 11) is 0. The van der Waals surface area contributed by atoms with E-state index in [0.29, 0.717) is 45.1 Å². The molecule has 2 aliphatic rings. The lowest BCUT2D eigenvalue weighted by atomic mass is 9.94. The van der Waals surface area contributed by atoms with Crippen LogP contribution >= 0.6 is 0 Å². The van der Waals surface area contributed by atoms with Gasteiger partial charge >= 0.3 is 6.03 Å². The standard InChI is InChI=1S/C30H43N5O5/c1-5-11-23(26(36)28(38)31-15-6-2)33-27(37)24-14-10-16-35(24)29(39)25(34-30(40)32-19(4)7-3)22-17-20-12-8-9-13-21(20)18-22/h6,8-9,12-13,19,22-25H,2,5,7,10-11,14-18H2,1,3-4H3,(H,31,38)(H,33,37)(H2,32,34,40)/t19?,23?,24-,25-/m0/s1. The number of carbonyl (C=O) groups is 5. The molecule has 218 valence electrons. The minimum absolute atomic E-state index is 0.0569. The topological polar surface area (TPSA) is 137 Å². The Kier molecular flexibility index (Phi) is 11.3. The fraction of sp³-hybridized carbons (Fsp3) is 0.567. The van der Waals surface area contributed by atoms with E-state index in [1.54, 1.807) is 0 Å². The Morgan fingerprint density at radius 2 is 1.73 bits per heavy atom. The normalized spacial score (nSPS) is 18.7. The first kappa shape index (κ1) is 30.8. The smallest absolute Gasteiger partial charge is 0.315 e. The first-order valence-corrected chi connectivity index (χ1v) is 14.4. The van der Waals surface area contributed by atoms with Crippen molar-refractivity contribution in [2.75, 3.05) is 13.1 Å². The van der Waals surface area contributed by atoms with Crippen molar-refractivity contribution < 1.29 is 24.0 Å². The van der Waals surface area contributed by atoms with Gasteiger partial charge < -0.3 is 26.2 Å². The van der Waals surface area contributed by atoms with Crippen LogP contribution in [0.15, 0.2) is 36.9 Å². The van der Waals surface area contributed by atoms with Gasteiger partial charge in [-0.2, -0.15) is 0 Å². The Bertz CT molecular complexity index is 1080. The van der Waals surface area contributed by atoms with Gasteiger partial charge in [0.1, 0.15) is 12.1 Å². The molecule has 1 aliphatic heterocycles. The van der Waals surface area contributed by atoms with E-state index in [9.17, 15) is 24.0 Å². The third-order valence-corrected chi connectivity index (χ3v) is 7.78. The maximum Gasteiger partial charge on any atom is 0.315 e. The molecule has 2 unspecified atom stereocenters. The summed E-state index contributed by atoms with van der Waals surface area (Å²) in [6.07, 6.45) is 5.44. The summed E-state index contributed by atoms with van der Waals surface area (Å²) in [5.74, 6) is -2.43. The number of urea groups is 1. The van der Waals surface area contributed by atoms with Crippen molar-refractivity contribution in [3.05, 3.63) is 48.0 Å². The van der Waals surface area contributed by atoms with Gasteiger partial charge in [0.05, 0.1) is 6.04 Å². The lowest BCUT2D eigenvalue weighted by Crippen LogP contribution is -2.59. The fourth-order valence-corrected chi connectivity index (χ4v) is 5.44. The number of hydrogen-bond donors (Lipinski definition) is 4. The van der Waals surface area contributed by atoms with E-state index in [1.807, 2.05) is 45.0 Å². The number of fused-ring (bicyclic) bond motifs is 1. The molecule has 1 aromatic carbocycles. The summed E-state index contributed by atoms with van der Waals surface area (Å²) in [5.41, 5.74) is 2.31. The highest BCUT2D eigenvalue weighted by Gasteiger charge is 2.42. The first-order valence-electron chi connectivity index (χ1n) is 14.4. The second-order valence-corrected chi connectivity index (χ2v) is 10.7. The van der Waals surface area contributed by atoms with Crippen LogP contribution in [0.5, 0.6) is 0 Å². The van der Waals surface area contributed by atoms with Crippen molar-refractivity contribution in [1.29, 1.82) is 0 Å². The zero-order valence-corrected chi connectivity index (χ0v) is 23.8. The number of carbonyl (C=O) groups excluding carboxylic acids is 5. The summed E-state index contributed by atoms with van der Waals surface area (Å²) < 4.78 is 0. The van der Waals surface area contributed by atoms with Crippen molar-refractivity contribution in [2.24, 2.45) is 5.92 Å². The molecule has 4 atom stereocenters. The number of Topliss-reactive ketones (excluding diaryl/α,β-unsaturated/α-hetero) is 1. The van der Waals surface area contributed by atoms with Crippen LogP contribution in [0.4, 0.5) is 4.79 Å². The van der Waals surface area contributed by atoms with Crippen LogP contribution in [-0.2, 0) is 32.0 Å². The molecular formula is C30H43N5O5. The molecular weight excluding hydrogens is 510 g/mol. The molecule has 10 heteroatoms. The predicted octanol–water partition coefficient (Wildman–Crippen LogP) is 2.01. The number of nitrogens with zero attached hydrogens (tertiary/aromatic N) is 1. The highest BCUT2D eigenvalue weighted by Crippen LogP contribution is 2.31. The van der Waals surface area contributed by atoms with Crippen molar-refractivity contribution in [3.63, 3.8) is 0 Å². The van der Waals surface area contributed by atoms with E-state index in [2.05, 4.69) is 27.8 Å². The second-order valence-electron chi connectivity index (χ2n) is 10.7. The molecule has 0 aromatic heterocycles. The largest absolute Gasteiger partial charge is 0.346 e. The average Bonchev–Trinajstić information content (AvgIpc) is 3.61. The van der Waals surface area contributed by atoms with Gasteiger partial charge in [-0.1, -0.05) is 50.6 Å². The molecule has 3 rings (SSSR count). The number of amides is 5. The minimum Gasteiger partial charge on any atom is -0.346 e. The number of benzene rings is 1. The highest BCUT2D eigenvalue weighted by molar-refractivity contribution is 6.38. The van der Waals surface area contributed by atoms with Crippen LogP contribution < -0.4 is 21.3 Å². The molecule has 1 heterocycles. The number of ketones is 1. The van der Waals surface area contributed by atoms with Crippen LogP contribution in [0, 0.1) is 5.92 Å². The third-order valence-electron chi connectivity index (χ3n) is 7.78. The SMILES string of the molecule is C=CCNC(=O)C(=O)C(CCC)NC(=O)[C@@H]1CCCN1C(=O)[C@@H](NC(=O)NC(C)CC)C1Cc2ccccc2C1. The molecule has 1 fully saturated rings. The van der Waals surface area contributed by atoms with E-state index in [-0.39, 0.29) is 24.4 Å². The van der Waals surface area contributed by atoms with Gasteiger partial charge in [0.25, 0.3) is 5.91 Å². The zero-order valence-electron chi connectivity index (χ0n) is 23.8. The molecule has 1 aliphatic carbocycles.